The quantitative estimate of drug-likeness (QED) is 0.380. The van der Waals surface area contributed by atoms with Crippen LogP contribution in [0.25, 0.3) is 0 Å². The normalized spacial score (nSPS) is 14.7. The van der Waals surface area contributed by atoms with Gasteiger partial charge in [0.1, 0.15) is 6.10 Å². The largest absolute Gasteiger partial charge is 0.486 e. The van der Waals surface area contributed by atoms with E-state index in [-0.39, 0.29) is 29.7 Å². The van der Waals surface area contributed by atoms with E-state index in [9.17, 15) is 13.2 Å². The van der Waals surface area contributed by atoms with Gasteiger partial charge in [-0.3, -0.25) is 14.5 Å². The Balaban J connectivity index is 1.75. The Morgan fingerprint density at radius 2 is 1.85 bits per heavy atom. The van der Waals surface area contributed by atoms with Gasteiger partial charge in [0.2, 0.25) is 10.0 Å². The molecule has 2 heterocycles. The summed E-state index contributed by atoms with van der Waals surface area (Å²) in [5.41, 5.74) is 1.35. The van der Waals surface area contributed by atoms with Gasteiger partial charge in [0.15, 0.2) is 11.5 Å². The van der Waals surface area contributed by atoms with Gasteiger partial charge in [0.05, 0.1) is 11.4 Å². The molecule has 1 N–H and O–H groups in total. The number of sulfonamides is 1. The van der Waals surface area contributed by atoms with Crippen LogP contribution in [0.3, 0.4) is 0 Å². The summed E-state index contributed by atoms with van der Waals surface area (Å²) in [5, 5.41) is 0. The molecule has 0 radical (unpaired) electrons. The average molecular weight is 476 g/mol. The number of carbonyl (C=O) groups is 1. The van der Waals surface area contributed by atoms with Crippen LogP contribution in [0.4, 0.5) is 11.4 Å². The van der Waals surface area contributed by atoms with E-state index in [0.29, 0.717) is 18.6 Å². The van der Waals surface area contributed by atoms with Gasteiger partial charge in [-0.1, -0.05) is 26.3 Å². The van der Waals surface area contributed by atoms with Gasteiger partial charge in [0, 0.05) is 50.4 Å². The van der Waals surface area contributed by atoms with E-state index in [1.54, 1.807) is 30.6 Å². The number of hydrogen-bond acceptors (Lipinski definition) is 7. The molecule has 0 bridgehead atoms. The van der Waals surface area contributed by atoms with Gasteiger partial charge in [-0.15, -0.1) is 0 Å². The molecule has 33 heavy (non-hydrogen) atoms. The van der Waals surface area contributed by atoms with Crippen LogP contribution >= 0.6 is 0 Å². The van der Waals surface area contributed by atoms with Crippen molar-refractivity contribution in [3.05, 3.63) is 42.7 Å². The van der Waals surface area contributed by atoms with Gasteiger partial charge < -0.3 is 14.4 Å². The molecular weight excluding hydrogens is 442 g/mol. The molecule has 0 amide bonds. The van der Waals surface area contributed by atoms with E-state index in [1.807, 2.05) is 26.0 Å². The van der Waals surface area contributed by atoms with E-state index in [2.05, 4.69) is 14.6 Å². The fourth-order valence-electron chi connectivity index (χ4n) is 3.68. The number of benzene rings is 1. The minimum Gasteiger partial charge on any atom is -0.486 e. The third-order valence-corrected chi connectivity index (χ3v) is 6.80. The Bertz CT molecular complexity index is 1010. The molecule has 0 saturated carbocycles. The predicted molar refractivity (Wildman–Crippen MR) is 129 cm³/mol. The lowest BCUT2D eigenvalue weighted by Gasteiger charge is -2.34. The number of aromatic nitrogens is 1. The Hall–Kier alpha value is -2.81. The van der Waals surface area contributed by atoms with Crippen molar-refractivity contribution in [3.63, 3.8) is 0 Å². The number of pyridine rings is 1. The Labute approximate surface area is 196 Å². The second kappa shape index (κ2) is 11.9. The fraction of sp³-hybridized carbons (Fsp3) is 0.500. The number of para-hydroxylation sites is 1. The molecule has 0 aliphatic carbocycles. The number of esters is 1. The molecule has 8 nitrogen and oxygen atoms in total. The highest BCUT2D eigenvalue weighted by atomic mass is 32.2. The smallest absolute Gasteiger partial charge is 0.311 e. The van der Waals surface area contributed by atoms with Gasteiger partial charge in [-0.05, 0) is 37.1 Å². The van der Waals surface area contributed by atoms with Crippen LogP contribution < -0.4 is 19.1 Å². The van der Waals surface area contributed by atoms with Crippen LogP contribution in [0.1, 0.15) is 52.4 Å². The average Bonchev–Trinajstić information content (AvgIpc) is 2.81. The fourth-order valence-corrected chi connectivity index (χ4v) is 4.95. The van der Waals surface area contributed by atoms with E-state index in [4.69, 9.17) is 9.47 Å². The molecule has 0 spiro atoms. The summed E-state index contributed by atoms with van der Waals surface area (Å²) in [6.07, 6.45) is 7.25. The molecule has 0 unspecified atom stereocenters. The Morgan fingerprint density at radius 3 is 2.52 bits per heavy atom. The minimum absolute atomic E-state index is 0.00436. The molecule has 180 valence electrons. The van der Waals surface area contributed by atoms with Crippen molar-refractivity contribution in [2.75, 3.05) is 28.5 Å². The van der Waals surface area contributed by atoms with Crippen molar-refractivity contribution in [3.8, 4) is 11.5 Å². The highest BCUT2D eigenvalue weighted by Gasteiger charge is 2.25. The number of carbonyl (C=O) groups excluding carboxylic acids is 1. The van der Waals surface area contributed by atoms with Gasteiger partial charge in [0.25, 0.3) is 0 Å². The van der Waals surface area contributed by atoms with Crippen molar-refractivity contribution in [1.82, 2.24) is 4.98 Å². The molecule has 9 heteroatoms. The SMILES string of the molecule is CCCCS(=O)(=O)Nc1cccc(OC2CCN(c3ccncc3)CC2)c1OC(=O)CCC. The van der Waals surface area contributed by atoms with E-state index >= 15 is 0 Å². The number of ether oxygens (including phenoxy) is 2. The summed E-state index contributed by atoms with van der Waals surface area (Å²) < 4.78 is 39.4. The Morgan fingerprint density at radius 1 is 1.12 bits per heavy atom. The third kappa shape index (κ3) is 7.35. The number of hydrogen-bond donors (Lipinski definition) is 1. The monoisotopic (exact) mass is 475 g/mol. The second-order valence-corrected chi connectivity index (χ2v) is 9.98. The van der Waals surface area contributed by atoms with E-state index in [0.717, 1.165) is 38.0 Å². The molecule has 1 aromatic heterocycles. The number of rotatable bonds is 11. The molecule has 1 saturated heterocycles. The Kier molecular flexibility index (Phi) is 8.94. The predicted octanol–water partition coefficient (Wildman–Crippen LogP) is 4.38. The highest BCUT2D eigenvalue weighted by Crippen LogP contribution is 2.38. The van der Waals surface area contributed by atoms with Crippen molar-refractivity contribution in [2.24, 2.45) is 0 Å². The van der Waals surface area contributed by atoms with Crippen LogP contribution in [-0.2, 0) is 14.8 Å². The topological polar surface area (TPSA) is 97.8 Å². The number of unbranched alkanes of at least 4 members (excludes halogenated alkanes) is 1. The zero-order valence-corrected chi connectivity index (χ0v) is 20.1. The van der Waals surface area contributed by atoms with Gasteiger partial charge in [-0.25, -0.2) is 8.42 Å². The van der Waals surface area contributed by atoms with Crippen molar-refractivity contribution in [2.45, 2.75) is 58.5 Å². The molecule has 1 aliphatic rings. The summed E-state index contributed by atoms with van der Waals surface area (Å²) >= 11 is 0. The number of piperidine rings is 1. The van der Waals surface area contributed by atoms with Crippen molar-refractivity contribution in [1.29, 1.82) is 0 Å². The van der Waals surface area contributed by atoms with E-state index < -0.39 is 16.0 Å². The second-order valence-electron chi connectivity index (χ2n) is 8.14. The molecular formula is C24H33N3O5S. The molecule has 3 rings (SSSR count). The molecule has 1 aliphatic heterocycles. The zero-order valence-electron chi connectivity index (χ0n) is 19.3. The maximum absolute atomic E-state index is 12.5. The van der Waals surface area contributed by atoms with Crippen LogP contribution in [-0.4, -0.2) is 44.3 Å². The summed E-state index contributed by atoms with van der Waals surface area (Å²) in [5.74, 6) is 0.0878. The number of nitrogens with one attached hydrogen (secondary N) is 1. The minimum atomic E-state index is -3.56. The maximum atomic E-state index is 12.5. The highest BCUT2D eigenvalue weighted by molar-refractivity contribution is 7.92. The molecule has 0 atom stereocenters. The van der Waals surface area contributed by atoms with Gasteiger partial charge >= 0.3 is 5.97 Å². The molecule has 2 aromatic rings. The number of nitrogens with zero attached hydrogens (tertiary/aromatic N) is 2. The first-order valence-corrected chi connectivity index (χ1v) is 13.2. The first-order chi connectivity index (χ1) is 15.9. The first kappa shape index (κ1) is 24.8. The van der Waals surface area contributed by atoms with Gasteiger partial charge in [-0.2, -0.15) is 0 Å². The van der Waals surface area contributed by atoms with Crippen LogP contribution in [0.15, 0.2) is 42.7 Å². The van der Waals surface area contributed by atoms with Crippen LogP contribution in [0.5, 0.6) is 11.5 Å². The lowest BCUT2D eigenvalue weighted by atomic mass is 10.1. The summed E-state index contributed by atoms with van der Waals surface area (Å²) in [6.45, 7) is 5.46. The summed E-state index contributed by atoms with van der Waals surface area (Å²) in [4.78, 5) is 18.6. The summed E-state index contributed by atoms with van der Waals surface area (Å²) in [6, 6.07) is 8.99. The van der Waals surface area contributed by atoms with Crippen molar-refractivity contribution >= 4 is 27.4 Å². The van der Waals surface area contributed by atoms with Crippen molar-refractivity contribution < 1.29 is 22.7 Å². The number of anilines is 2. The molecule has 1 aromatic carbocycles. The third-order valence-electron chi connectivity index (χ3n) is 5.44. The molecule has 1 fully saturated rings. The summed E-state index contributed by atoms with van der Waals surface area (Å²) in [7, 11) is -3.56. The first-order valence-electron chi connectivity index (χ1n) is 11.6. The lowest BCUT2D eigenvalue weighted by molar-refractivity contribution is -0.134. The van der Waals surface area contributed by atoms with E-state index in [1.165, 1.54) is 0 Å². The standard InChI is InChI=1S/C24H33N3O5S/c1-3-5-18-33(29,30)26-21-8-6-9-22(24(21)32-23(28)7-4-2)31-20-12-16-27(17-13-20)19-10-14-25-15-11-19/h6,8-11,14-15,20,26H,3-5,7,12-13,16-18H2,1-2H3. The zero-order chi connectivity index (χ0) is 23.7. The maximum Gasteiger partial charge on any atom is 0.311 e. The van der Waals surface area contributed by atoms with Crippen LogP contribution in [0.2, 0.25) is 0 Å². The van der Waals surface area contributed by atoms with Crippen LogP contribution in [0, 0.1) is 0 Å². The lowest BCUT2D eigenvalue weighted by Crippen LogP contribution is -2.38.